The Kier molecular flexibility index (Phi) is 6.81. The summed E-state index contributed by atoms with van der Waals surface area (Å²) in [6.45, 7) is 8.28. The second-order valence-electron chi connectivity index (χ2n) is 5.05. The van der Waals surface area contributed by atoms with Crippen LogP contribution in [0.4, 0.5) is 0 Å². The molecule has 1 fully saturated rings. The van der Waals surface area contributed by atoms with Crippen molar-refractivity contribution in [2.75, 3.05) is 32.8 Å². The zero-order chi connectivity index (χ0) is 14.4. The van der Waals surface area contributed by atoms with Gasteiger partial charge in [0.05, 0.1) is 15.6 Å². The number of hydrogen-bond acceptors (Lipinski definition) is 3. The Bertz CT molecular complexity index is 411. The van der Waals surface area contributed by atoms with Gasteiger partial charge < -0.3 is 15.0 Å². The van der Waals surface area contributed by atoms with Gasteiger partial charge in [-0.3, -0.25) is 0 Å². The van der Waals surface area contributed by atoms with Gasteiger partial charge in [0.25, 0.3) is 0 Å². The molecule has 2 rings (SSSR count). The molecule has 0 bridgehead atoms. The SMILES string of the molecule is CCOc1c(Br)cc(CNCCN2CCCC2)cc1Br. The zero-order valence-electron chi connectivity index (χ0n) is 11.9. The van der Waals surface area contributed by atoms with Gasteiger partial charge in [-0.25, -0.2) is 0 Å². The molecule has 1 aromatic carbocycles. The Hall–Kier alpha value is -0.100. The van der Waals surface area contributed by atoms with E-state index >= 15 is 0 Å². The highest BCUT2D eigenvalue weighted by molar-refractivity contribution is 9.11. The zero-order valence-corrected chi connectivity index (χ0v) is 15.1. The van der Waals surface area contributed by atoms with Crippen LogP contribution in [-0.4, -0.2) is 37.7 Å². The smallest absolute Gasteiger partial charge is 0.147 e. The number of nitrogens with one attached hydrogen (secondary N) is 1. The maximum Gasteiger partial charge on any atom is 0.147 e. The number of benzene rings is 1. The normalized spacial score (nSPS) is 15.8. The van der Waals surface area contributed by atoms with Gasteiger partial charge in [-0.15, -0.1) is 0 Å². The van der Waals surface area contributed by atoms with Crippen molar-refractivity contribution in [1.29, 1.82) is 0 Å². The van der Waals surface area contributed by atoms with Crippen molar-refractivity contribution in [3.05, 3.63) is 26.6 Å². The highest BCUT2D eigenvalue weighted by Gasteiger charge is 2.11. The molecule has 0 aromatic heterocycles. The van der Waals surface area contributed by atoms with Crippen molar-refractivity contribution in [2.24, 2.45) is 0 Å². The summed E-state index contributed by atoms with van der Waals surface area (Å²) >= 11 is 7.14. The molecular formula is C15H22Br2N2O. The summed E-state index contributed by atoms with van der Waals surface area (Å²) < 4.78 is 7.60. The maximum atomic E-state index is 5.59. The molecule has 1 aliphatic heterocycles. The Morgan fingerprint density at radius 2 is 1.85 bits per heavy atom. The molecule has 20 heavy (non-hydrogen) atoms. The summed E-state index contributed by atoms with van der Waals surface area (Å²) in [5, 5.41) is 3.51. The summed E-state index contributed by atoms with van der Waals surface area (Å²) in [5.74, 6) is 0.883. The van der Waals surface area contributed by atoms with Gasteiger partial charge in [-0.1, -0.05) is 0 Å². The summed E-state index contributed by atoms with van der Waals surface area (Å²) in [4.78, 5) is 2.52. The topological polar surface area (TPSA) is 24.5 Å². The first-order chi connectivity index (χ1) is 9.70. The minimum Gasteiger partial charge on any atom is -0.492 e. The second-order valence-corrected chi connectivity index (χ2v) is 6.76. The number of hydrogen-bond donors (Lipinski definition) is 1. The molecule has 5 heteroatoms. The van der Waals surface area contributed by atoms with Gasteiger partial charge in [-0.05, 0) is 82.4 Å². The van der Waals surface area contributed by atoms with Crippen LogP contribution in [0.2, 0.25) is 0 Å². The molecule has 1 aliphatic rings. The lowest BCUT2D eigenvalue weighted by molar-refractivity contribution is 0.334. The van der Waals surface area contributed by atoms with Crippen LogP contribution in [0.1, 0.15) is 25.3 Å². The lowest BCUT2D eigenvalue weighted by Gasteiger charge is -2.15. The third-order valence-corrected chi connectivity index (χ3v) is 4.66. The molecule has 1 saturated heterocycles. The van der Waals surface area contributed by atoms with Crippen molar-refractivity contribution in [3.63, 3.8) is 0 Å². The number of ether oxygens (including phenoxy) is 1. The Morgan fingerprint density at radius 3 is 2.45 bits per heavy atom. The van der Waals surface area contributed by atoms with E-state index in [4.69, 9.17) is 4.74 Å². The molecule has 1 aromatic rings. The van der Waals surface area contributed by atoms with Crippen molar-refractivity contribution < 1.29 is 4.74 Å². The van der Waals surface area contributed by atoms with Gasteiger partial charge in [-0.2, -0.15) is 0 Å². The van der Waals surface area contributed by atoms with E-state index in [1.165, 1.54) is 31.5 Å². The fourth-order valence-electron chi connectivity index (χ4n) is 2.47. The van der Waals surface area contributed by atoms with Crippen LogP contribution in [0.3, 0.4) is 0 Å². The van der Waals surface area contributed by atoms with E-state index in [9.17, 15) is 0 Å². The minimum absolute atomic E-state index is 0.671. The van der Waals surface area contributed by atoms with Crippen LogP contribution in [0.5, 0.6) is 5.75 Å². The van der Waals surface area contributed by atoms with Crippen LogP contribution in [0, 0.1) is 0 Å². The number of nitrogens with zero attached hydrogens (tertiary/aromatic N) is 1. The van der Waals surface area contributed by atoms with Crippen LogP contribution in [0.15, 0.2) is 21.1 Å². The third-order valence-electron chi connectivity index (χ3n) is 3.48. The fraction of sp³-hybridized carbons (Fsp3) is 0.600. The summed E-state index contributed by atoms with van der Waals surface area (Å²) in [6.07, 6.45) is 2.72. The van der Waals surface area contributed by atoms with Crippen LogP contribution in [0.25, 0.3) is 0 Å². The first kappa shape index (κ1) is 16.3. The largest absolute Gasteiger partial charge is 0.492 e. The number of rotatable bonds is 7. The van der Waals surface area contributed by atoms with Gasteiger partial charge in [0.15, 0.2) is 0 Å². The molecule has 0 unspecified atom stereocenters. The predicted octanol–water partition coefficient (Wildman–Crippen LogP) is 3.80. The maximum absolute atomic E-state index is 5.59. The van der Waals surface area contributed by atoms with Crippen molar-refractivity contribution >= 4 is 31.9 Å². The summed E-state index contributed by atoms with van der Waals surface area (Å²) in [5.41, 5.74) is 1.26. The monoisotopic (exact) mass is 404 g/mol. The summed E-state index contributed by atoms with van der Waals surface area (Å²) in [6, 6.07) is 4.25. The Balaban J connectivity index is 1.80. The lowest BCUT2D eigenvalue weighted by atomic mass is 10.2. The first-order valence-corrected chi connectivity index (χ1v) is 8.83. The molecule has 112 valence electrons. The van der Waals surface area contributed by atoms with Crippen molar-refractivity contribution in [2.45, 2.75) is 26.3 Å². The molecule has 1 heterocycles. The number of likely N-dealkylation sites (tertiary alicyclic amines) is 1. The molecule has 1 N–H and O–H groups in total. The number of halogens is 2. The molecule has 0 saturated carbocycles. The molecule has 3 nitrogen and oxygen atoms in total. The van der Waals surface area contributed by atoms with E-state index < -0.39 is 0 Å². The average molecular weight is 406 g/mol. The molecule has 0 aliphatic carbocycles. The highest BCUT2D eigenvalue weighted by Crippen LogP contribution is 2.34. The lowest BCUT2D eigenvalue weighted by Crippen LogP contribution is -2.29. The van der Waals surface area contributed by atoms with E-state index in [1.807, 2.05) is 6.92 Å². The first-order valence-electron chi connectivity index (χ1n) is 7.24. The molecule has 0 atom stereocenters. The molecular weight excluding hydrogens is 384 g/mol. The minimum atomic E-state index is 0.671. The Morgan fingerprint density at radius 1 is 1.20 bits per heavy atom. The van der Waals surface area contributed by atoms with Crippen molar-refractivity contribution in [3.8, 4) is 5.75 Å². The van der Waals surface area contributed by atoms with Gasteiger partial charge in [0.2, 0.25) is 0 Å². The molecule has 0 spiro atoms. The predicted molar refractivity (Wildman–Crippen MR) is 90.4 cm³/mol. The Labute approximate surface area is 138 Å². The van der Waals surface area contributed by atoms with Gasteiger partial charge >= 0.3 is 0 Å². The van der Waals surface area contributed by atoms with Crippen LogP contribution >= 0.6 is 31.9 Å². The molecule has 0 amide bonds. The van der Waals surface area contributed by atoms with Gasteiger partial charge in [0.1, 0.15) is 5.75 Å². The quantitative estimate of drug-likeness (QED) is 0.698. The van der Waals surface area contributed by atoms with Gasteiger partial charge in [0, 0.05) is 19.6 Å². The second kappa shape index (κ2) is 8.37. The third kappa shape index (κ3) is 4.72. The van der Waals surface area contributed by atoms with E-state index in [1.54, 1.807) is 0 Å². The van der Waals surface area contributed by atoms with Crippen LogP contribution in [-0.2, 0) is 6.54 Å². The van der Waals surface area contributed by atoms with Crippen LogP contribution < -0.4 is 10.1 Å². The average Bonchev–Trinajstić information content (AvgIpc) is 2.92. The standard InChI is InChI=1S/C15H22Br2N2O/c1-2-20-15-13(16)9-12(10-14(15)17)11-18-5-8-19-6-3-4-7-19/h9-10,18H,2-8,11H2,1H3. The highest BCUT2D eigenvalue weighted by atomic mass is 79.9. The molecule has 0 radical (unpaired) electrons. The van der Waals surface area contributed by atoms with E-state index in [0.717, 1.165) is 34.3 Å². The van der Waals surface area contributed by atoms with E-state index in [0.29, 0.717) is 6.61 Å². The summed E-state index contributed by atoms with van der Waals surface area (Å²) in [7, 11) is 0. The van der Waals surface area contributed by atoms with E-state index in [-0.39, 0.29) is 0 Å². The van der Waals surface area contributed by atoms with Crippen molar-refractivity contribution in [1.82, 2.24) is 10.2 Å². The van der Waals surface area contributed by atoms with E-state index in [2.05, 4.69) is 54.2 Å². The fourth-order valence-corrected chi connectivity index (χ4v) is 3.98.